The summed E-state index contributed by atoms with van der Waals surface area (Å²) in [6.07, 6.45) is 7.77. The molecule has 1 aromatic heterocycles. The summed E-state index contributed by atoms with van der Waals surface area (Å²) in [4.78, 5) is 8.95. The lowest BCUT2D eigenvalue weighted by Crippen LogP contribution is -2.23. The van der Waals surface area contributed by atoms with Crippen LogP contribution in [0.1, 0.15) is 60.7 Å². The van der Waals surface area contributed by atoms with Gasteiger partial charge in [0, 0.05) is 6.20 Å². The number of nitrogens with zero attached hydrogens (tertiary/aromatic N) is 2. The van der Waals surface area contributed by atoms with Gasteiger partial charge in [-0.15, -0.1) is 0 Å². The molecule has 3 rings (SSSR count). The molecule has 1 aliphatic rings. The van der Waals surface area contributed by atoms with Crippen molar-refractivity contribution < 1.29 is 0 Å². The van der Waals surface area contributed by atoms with Crippen molar-refractivity contribution in [2.24, 2.45) is 0 Å². The van der Waals surface area contributed by atoms with Gasteiger partial charge in [-0.1, -0.05) is 37.6 Å². The summed E-state index contributed by atoms with van der Waals surface area (Å²) in [6, 6.07) is 9.10. The molecule has 0 radical (unpaired) electrons. The van der Waals surface area contributed by atoms with Crippen molar-refractivity contribution in [2.75, 3.05) is 6.54 Å². The molecule has 0 aliphatic heterocycles. The summed E-state index contributed by atoms with van der Waals surface area (Å²) in [5.74, 6) is 0.760. The van der Waals surface area contributed by atoms with E-state index in [1.165, 1.54) is 30.4 Å². The van der Waals surface area contributed by atoms with E-state index in [0.717, 1.165) is 23.9 Å². The van der Waals surface area contributed by atoms with Crippen LogP contribution in [-0.4, -0.2) is 16.5 Å². The van der Waals surface area contributed by atoms with Crippen LogP contribution in [0.4, 0.5) is 0 Å². The van der Waals surface area contributed by atoms with Crippen LogP contribution >= 0.6 is 0 Å². The van der Waals surface area contributed by atoms with Gasteiger partial charge < -0.3 is 5.32 Å². The lowest BCUT2D eigenvalue weighted by atomic mass is 9.79. The maximum atomic E-state index is 4.56. The Morgan fingerprint density at radius 2 is 2.10 bits per heavy atom. The van der Waals surface area contributed by atoms with Gasteiger partial charge in [-0.2, -0.15) is 0 Å². The second-order valence-electron chi connectivity index (χ2n) is 5.87. The highest BCUT2D eigenvalue weighted by atomic mass is 14.9. The summed E-state index contributed by atoms with van der Waals surface area (Å²) < 4.78 is 0. The highest BCUT2D eigenvalue weighted by Gasteiger charge is 2.21. The third kappa shape index (κ3) is 3.13. The van der Waals surface area contributed by atoms with E-state index in [0.29, 0.717) is 0 Å². The first-order valence-corrected chi connectivity index (χ1v) is 7.89. The fraction of sp³-hybridized carbons (Fsp3) is 0.444. The second kappa shape index (κ2) is 6.35. The van der Waals surface area contributed by atoms with Crippen LogP contribution in [0.5, 0.6) is 0 Å². The quantitative estimate of drug-likeness (QED) is 0.907. The molecule has 1 unspecified atom stereocenters. The fourth-order valence-electron chi connectivity index (χ4n) is 2.88. The predicted molar refractivity (Wildman–Crippen MR) is 85.3 cm³/mol. The Morgan fingerprint density at radius 1 is 1.24 bits per heavy atom. The lowest BCUT2D eigenvalue weighted by Gasteiger charge is -2.27. The molecular formula is C18H23N3. The molecule has 110 valence electrons. The van der Waals surface area contributed by atoms with Crippen molar-refractivity contribution in [1.82, 2.24) is 15.3 Å². The van der Waals surface area contributed by atoms with E-state index in [4.69, 9.17) is 0 Å². The van der Waals surface area contributed by atoms with E-state index < -0.39 is 0 Å². The van der Waals surface area contributed by atoms with E-state index in [1.807, 2.05) is 19.3 Å². The number of nitrogens with one attached hydrogen (secondary N) is 1. The van der Waals surface area contributed by atoms with Crippen molar-refractivity contribution in [1.29, 1.82) is 0 Å². The maximum absolute atomic E-state index is 4.56. The van der Waals surface area contributed by atoms with Crippen molar-refractivity contribution in [2.45, 2.75) is 45.1 Å². The smallest absolute Gasteiger partial charge is 0.0801 e. The summed E-state index contributed by atoms with van der Waals surface area (Å²) in [5, 5.41) is 3.53. The van der Waals surface area contributed by atoms with Crippen LogP contribution in [0.15, 0.2) is 36.7 Å². The number of hydrogen-bond donors (Lipinski definition) is 1. The van der Waals surface area contributed by atoms with Crippen LogP contribution < -0.4 is 5.32 Å². The van der Waals surface area contributed by atoms with Gasteiger partial charge in [0.05, 0.1) is 23.6 Å². The molecule has 3 nitrogen and oxygen atoms in total. The van der Waals surface area contributed by atoms with E-state index >= 15 is 0 Å². The predicted octanol–water partition coefficient (Wildman–Crippen LogP) is 3.75. The van der Waals surface area contributed by atoms with Gasteiger partial charge >= 0.3 is 0 Å². The van der Waals surface area contributed by atoms with Crippen LogP contribution in [0.2, 0.25) is 0 Å². The monoisotopic (exact) mass is 281 g/mol. The van der Waals surface area contributed by atoms with Gasteiger partial charge in [0.25, 0.3) is 0 Å². The molecule has 1 fully saturated rings. The zero-order valence-corrected chi connectivity index (χ0v) is 12.8. The van der Waals surface area contributed by atoms with E-state index in [1.54, 1.807) is 0 Å². The molecule has 0 spiro atoms. The van der Waals surface area contributed by atoms with Crippen LogP contribution in [-0.2, 0) is 0 Å². The topological polar surface area (TPSA) is 37.8 Å². The van der Waals surface area contributed by atoms with Gasteiger partial charge in [-0.3, -0.25) is 9.97 Å². The average Bonchev–Trinajstić information content (AvgIpc) is 2.44. The number of hydrogen-bond acceptors (Lipinski definition) is 3. The molecule has 3 heteroatoms. The van der Waals surface area contributed by atoms with Crippen LogP contribution in [0.25, 0.3) is 0 Å². The number of aryl methyl sites for hydroxylation is 1. The molecule has 1 N–H and O–H groups in total. The van der Waals surface area contributed by atoms with Gasteiger partial charge in [0.2, 0.25) is 0 Å². The first kappa shape index (κ1) is 14.2. The average molecular weight is 281 g/mol. The summed E-state index contributed by atoms with van der Waals surface area (Å²) in [5.41, 5.74) is 4.71. The third-order valence-corrected chi connectivity index (χ3v) is 4.33. The second-order valence-corrected chi connectivity index (χ2v) is 5.87. The Hall–Kier alpha value is -1.74. The highest BCUT2D eigenvalue weighted by molar-refractivity contribution is 5.33. The normalized spacial score (nSPS) is 16.5. The standard InChI is InChI=1S/C18H23N3/c1-3-19-18(17-12-20-13(2)11-21-17)16-9-5-8-15(10-16)14-6-4-7-14/h5,8-12,14,18-19H,3-4,6-7H2,1-2H3. The zero-order chi connectivity index (χ0) is 14.7. The van der Waals surface area contributed by atoms with Gasteiger partial charge in [-0.05, 0) is 43.4 Å². The molecule has 1 heterocycles. The molecule has 21 heavy (non-hydrogen) atoms. The molecule has 1 atom stereocenters. The zero-order valence-electron chi connectivity index (χ0n) is 12.8. The largest absolute Gasteiger partial charge is 0.305 e. The minimum atomic E-state index is 0.128. The summed E-state index contributed by atoms with van der Waals surface area (Å²) in [6.45, 7) is 5.01. The first-order chi connectivity index (χ1) is 10.3. The number of rotatable bonds is 5. The van der Waals surface area contributed by atoms with Gasteiger partial charge in [0.15, 0.2) is 0 Å². The van der Waals surface area contributed by atoms with Crippen molar-refractivity contribution in [3.05, 3.63) is 59.2 Å². The van der Waals surface area contributed by atoms with Gasteiger partial charge in [0.1, 0.15) is 0 Å². The molecule has 2 aromatic rings. The summed E-state index contributed by atoms with van der Waals surface area (Å²) >= 11 is 0. The lowest BCUT2D eigenvalue weighted by molar-refractivity contribution is 0.419. The number of aromatic nitrogens is 2. The molecule has 1 aromatic carbocycles. The highest BCUT2D eigenvalue weighted by Crippen LogP contribution is 2.37. The fourth-order valence-corrected chi connectivity index (χ4v) is 2.88. The van der Waals surface area contributed by atoms with Crippen molar-refractivity contribution in [3.8, 4) is 0 Å². The molecule has 0 bridgehead atoms. The Bertz CT molecular complexity index is 588. The molecular weight excluding hydrogens is 258 g/mol. The van der Waals surface area contributed by atoms with Crippen molar-refractivity contribution in [3.63, 3.8) is 0 Å². The third-order valence-electron chi connectivity index (χ3n) is 4.33. The van der Waals surface area contributed by atoms with E-state index in [9.17, 15) is 0 Å². The first-order valence-electron chi connectivity index (χ1n) is 7.89. The minimum Gasteiger partial charge on any atom is -0.305 e. The summed E-state index contributed by atoms with van der Waals surface area (Å²) in [7, 11) is 0. The molecule has 1 aliphatic carbocycles. The number of benzene rings is 1. The van der Waals surface area contributed by atoms with Crippen molar-refractivity contribution >= 4 is 0 Å². The molecule has 0 saturated heterocycles. The van der Waals surface area contributed by atoms with Crippen LogP contribution in [0.3, 0.4) is 0 Å². The van der Waals surface area contributed by atoms with E-state index in [-0.39, 0.29) is 6.04 Å². The Labute approximate surface area is 126 Å². The maximum Gasteiger partial charge on any atom is 0.0801 e. The molecule has 0 amide bonds. The molecule has 1 saturated carbocycles. The Morgan fingerprint density at radius 3 is 2.71 bits per heavy atom. The van der Waals surface area contributed by atoms with Gasteiger partial charge in [-0.25, -0.2) is 0 Å². The van der Waals surface area contributed by atoms with E-state index in [2.05, 4.69) is 46.5 Å². The Balaban J connectivity index is 1.91. The SMILES string of the molecule is CCNC(c1cccc(C2CCC2)c1)c1cnc(C)cn1. The van der Waals surface area contributed by atoms with Crippen LogP contribution in [0, 0.1) is 6.92 Å². The minimum absolute atomic E-state index is 0.128. The Kier molecular flexibility index (Phi) is 4.30.